The Morgan fingerprint density at radius 2 is 0.434 bits per heavy atom. The van der Waals surface area contributed by atoms with Crippen molar-refractivity contribution in [2.24, 2.45) is 0 Å². The van der Waals surface area contributed by atoms with Crippen LogP contribution in [0, 0.1) is 58.6 Å². The summed E-state index contributed by atoms with van der Waals surface area (Å²) in [7, 11) is 10.6. The highest BCUT2D eigenvalue weighted by Gasteiger charge is 2.33. The standard InChI is InChI=1S/C16H28N2S2.2C15H26N2S2.3C14H24N2S2.C13H22N2OS/c1-6-9-18(10-7-2)11-8-17-13-12(16(3,4)5)14(19)15(13)20;1-7-17(8-2)10-9-16(6)12-11(15(3,4)5)13(18)14(12)19;1-6-9-17(7-2)10-8-16-12-11(15(3,4)5)13(18)14(12)19;1-7-15(5)8-9-16(6)11-10(14(2,3)4)12(17)13(11)18;1-6-8-16(5)9-7-15-11-10(14(2,3)4)12(17)13(11)18;1-6-16(7-2)9-8-15-11-10(14(3,4)5)12(17)13(11)18;1-6-15(5)8-7-14-10-9(13(2,3)4)11(16)12(10)17/h17H,6-11H2,1-5H3;7-10H2,1-6H3;16H,6-10H2,1-5H3;7-9H2,1-6H3;2*15H,6-9H2,1-5H3;14H,6-8H2,1-5H3. The van der Waals surface area contributed by atoms with E-state index >= 15 is 0 Å². The third-order valence-corrected chi connectivity index (χ3v) is 29.3. The summed E-state index contributed by atoms with van der Waals surface area (Å²) < 4.78 is 10.9. The topological polar surface area (TPSA) is 106 Å². The number of rotatable bonds is 43. The Kier molecular flexibility index (Phi) is 55.0. The molecule has 0 atom stereocenters. The van der Waals surface area contributed by atoms with Crippen molar-refractivity contribution >= 4 is 199 Å². The first-order chi connectivity index (χ1) is 59.5. The Hall–Kier alpha value is -2.66. The molecule has 0 saturated heterocycles. The van der Waals surface area contributed by atoms with E-state index in [9.17, 15) is 4.79 Å². The summed E-state index contributed by atoms with van der Waals surface area (Å²) in [5.41, 5.74) is 16.4. The van der Waals surface area contributed by atoms with E-state index < -0.39 is 0 Å². The van der Waals surface area contributed by atoms with E-state index in [0.717, 1.165) is 239 Å². The second kappa shape index (κ2) is 57.0. The number of nitrogens with zero attached hydrogens (tertiary/aromatic N) is 9. The highest BCUT2D eigenvalue weighted by atomic mass is 32.1. The van der Waals surface area contributed by atoms with Crippen LogP contribution in [0.25, 0.3) is 0 Å². The predicted octanol–water partition coefficient (Wildman–Crippen LogP) is 27.6. The summed E-state index contributed by atoms with van der Waals surface area (Å²) in [6.07, 6.45) is 4.80. The second-order valence-corrected chi connectivity index (χ2v) is 46.8. The summed E-state index contributed by atoms with van der Waals surface area (Å²) in [5, 5.41) is 17.2. The van der Waals surface area contributed by atoms with Crippen LogP contribution in [-0.4, -0.2) is 233 Å². The van der Waals surface area contributed by atoms with E-state index in [2.05, 4.69) is 307 Å². The van der Waals surface area contributed by atoms with Crippen molar-refractivity contribution in [3.63, 3.8) is 0 Å². The van der Waals surface area contributed by atoms with Gasteiger partial charge in [0.15, 0.2) is 0 Å². The van der Waals surface area contributed by atoms with Crippen LogP contribution in [0.2, 0.25) is 0 Å². The van der Waals surface area contributed by atoms with Gasteiger partial charge in [-0.15, -0.1) is 0 Å². The molecule has 0 aromatic heterocycles. The molecule has 732 valence electrons. The van der Waals surface area contributed by atoms with Gasteiger partial charge in [-0.05, 0) is 157 Å². The van der Waals surface area contributed by atoms with Crippen molar-refractivity contribution in [2.45, 2.75) is 285 Å². The first kappa shape index (κ1) is 124. The molecular weight excluding hydrogens is 1840 g/mol. The zero-order valence-electron chi connectivity index (χ0n) is 87.2. The largest absolute Gasteiger partial charge is 0.382 e. The van der Waals surface area contributed by atoms with Gasteiger partial charge in [0.2, 0.25) is 5.43 Å². The fraction of sp³-hybridized carbons (Fsp3) is 0.723. The molecule has 129 heavy (non-hydrogen) atoms. The minimum atomic E-state index is -0.127. The summed E-state index contributed by atoms with van der Waals surface area (Å²) in [5.74, 6) is 0. The second-order valence-electron chi connectivity index (χ2n) is 41.5. The highest BCUT2D eigenvalue weighted by molar-refractivity contribution is 7.75. The van der Waals surface area contributed by atoms with E-state index in [1.54, 1.807) is 0 Å². The molecule has 28 heteroatoms. The van der Waals surface area contributed by atoms with Gasteiger partial charge >= 0.3 is 0 Å². The molecule has 0 amide bonds. The molecule has 0 aliphatic heterocycles. The van der Waals surface area contributed by atoms with Crippen molar-refractivity contribution < 1.29 is 0 Å². The lowest BCUT2D eigenvalue weighted by atomic mass is 9.83. The Balaban J connectivity index is 0.000000753. The Morgan fingerprint density at radius 3 is 0.705 bits per heavy atom. The SMILES string of the molecule is CCCN(C)CCNc1c(C(C)(C)C)c(=S)c1=S.CCCN(CC)CCNc1c(C(C)(C)C)c(=S)c1=S.CCCN(CCC)CCNc1c(C(C)(C)C)c(=S)c1=S.CCN(C)CCN(C)c1c(C(C)(C)C)c(=S)c1=S.CCN(C)CCNc1c(C(C)(C)C)c(=O)c1=S.CCN(CC)CCN(C)c1c(C(C)(C)C)c(=S)c1=S.CCN(CC)CCNc1c(C(C)(C)C)c(=S)c1=S. The smallest absolute Gasteiger partial charge is 0.204 e. The van der Waals surface area contributed by atoms with Crippen LogP contribution < -0.4 is 41.8 Å². The van der Waals surface area contributed by atoms with Crippen LogP contribution in [0.3, 0.4) is 0 Å². The van der Waals surface area contributed by atoms with Gasteiger partial charge in [-0.3, -0.25) is 4.79 Å². The van der Waals surface area contributed by atoms with Crippen LogP contribution in [0.1, 0.15) is 286 Å². The normalized spacial score (nSPS) is 12.3. The van der Waals surface area contributed by atoms with Crippen molar-refractivity contribution in [1.82, 2.24) is 34.3 Å². The van der Waals surface area contributed by atoms with Gasteiger partial charge in [-0.1, -0.05) is 380 Å². The molecule has 7 aromatic carbocycles. The average molecular weight is 2020 g/mol. The molecule has 0 aliphatic carbocycles. The summed E-state index contributed by atoms with van der Waals surface area (Å²) in [6.45, 7) is 95.7. The number of hydrogen-bond donors (Lipinski definition) is 5. The van der Waals surface area contributed by atoms with Gasteiger partial charge in [0.05, 0.1) is 93.9 Å². The van der Waals surface area contributed by atoms with Crippen LogP contribution in [0.15, 0.2) is 4.79 Å². The summed E-state index contributed by atoms with van der Waals surface area (Å²) in [6, 6.07) is 0. The number of anilines is 7. The molecule has 0 saturated carbocycles. The molecule has 0 fully saturated rings. The van der Waals surface area contributed by atoms with E-state index in [0.29, 0.717) is 4.51 Å². The fourth-order valence-corrected chi connectivity index (χ4v) is 20.6. The molecular formula is C101H174N14OS13. The lowest BCUT2D eigenvalue weighted by Gasteiger charge is -2.33. The van der Waals surface area contributed by atoms with E-state index in [4.69, 9.17) is 159 Å². The Bertz CT molecular complexity index is 5090. The maximum Gasteiger partial charge on any atom is 0.204 e. The van der Waals surface area contributed by atoms with Crippen molar-refractivity contribution in [2.75, 3.05) is 235 Å². The first-order valence-electron chi connectivity index (χ1n) is 47.4. The van der Waals surface area contributed by atoms with Crippen LogP contribution >= 0.6 is 159 Å². The molecule has 0 bridgehead atoms. The van der Waals surface area contributed by atoms with Gasteiger partial charge < -0.3 is 70.7 Å². The van der Waals surface area contributed by atoms with Crippen molar-refractivity contribution in [3.05, 3.63) is 108 Å². The third kappa shape index (κ3) is 37.6. The van der Waals surface area contributed by atoms with Gasteiger partial charge in [-0.2, -0.15) is 0 Å². The van der Waals surface area contributed by atoms with Gasteiger partial charge in [0, 0.05) is 145 Å². The summed E-state index contributed by atoms with van der Waals surface area (Å²) in [4.78, 5) is 32.9. The molecule has 0 radical (unpaired) electrons. The minimum absolute atomic E-state index is 0.0406. The quantitative estimate of drug-likeness (QED) is 0.0234. The molecule has 0 heterocycles. The third-order valence-electron chi connectivity index (χ3n) is 23.2. The van der Waals surface area contributed by atoms with Gasteiger partial charge in [0.1, 0.15) is 4.51 Å². The van der Waals surface area contributed by atoms with E-state index in [-0.39, 0.29) is 43.3 Å². The molecule has 7 aromatic rings. The van der Waals surface area contributed by atoms with Gasteiger partial charge in [-0.25, -0.2) is 0 Å². The number of likely N-dealkylation sites (N-methyl/N-ethyl adjacent to an activating group) is 8. The minimum Gasteiger partial charge on any atom is -0.382 e. The average Bonchev–Trinajstić information content (AvgIpc) is 0.789. The predicted molar refractivity (Wildman–Crippen MR) is 608 cm³/mol. The number of nitrogens with one attached hydrogen (secondary N) is 5. The molecule has 15 nitrogen and oxygen atoms in total. The molecule has 5 N–H and O–H groups in total. The van der Waals surface area contributed by atoms with Crippen LogP contribution in [0.5, 0.6) is 0 Å². The monoisotopic (exact) mass is 2020 g/mol. The fourth-order valence-electron chi connectivity index (χ4n) is 15.5. The molecule has 0 aliphatic rings. The lowest BCUT2D eigenvalue weighted by Crippen LogP contribution is -2.35. The van der Waals surface area contributed by atoms with E-state index in [1.165, 1.54) is 83.5 Å². The Morgan fingerprint density at radius 1 is 0.209 bits per heavy atom. The van der Waals surface area contributed by atoms with Crippen LogP contribution in [0.4, 0.5) is 39.8 Å². The summed E-state index contributed by atoms with van der Waals surface area (Å²) >= 11 is 69.6. The Labute approximate surface area is 853 Å². The maximum absolute atomic E-state index is 11.7. The zero-order valence-corrected chi connectivity index (χ0v) is 97.9. The van der Waals surface area contributed by atoms with Crippen molar-refractivity contribution in [3.8, 4) is 0 Å². The van der Waals surface area contributed by atoms with Crippen molar-refractivity contribution in [1.29, 1.82) is 0 Å². The van der Waals surface area contributed by atoms with E-state index in [1.807, 2.05) is 20.8 Å². The molecule has 0 unspecified atom stereocenters. The molecule has 7 rings (SSSR count). The maximum atomic E-state index is 11.7. The lowest BCUT2D eigenvalue weighted by molar-refractivity contribution is 0.285. The zero-order chi connectivity index (χ0) is 99.9. The first-order valence-corrected chi connectivity index (χ1v) is 52.7. The van der Waals surface area contributed by atoms with Gasteiger partial charge in [0.25, 0.3) is 0 Å². The van der Waals surface area contributed by atoms with Crippen LogP contribution in [-0.2, 0) is 37.9 Å². The number of hydrogen-bond acceptors (Lipinski definition) is 28. The molecule has 0 spiro atoms. The highest BCUT2D eigenvalue weighted by Crippen LogP contribution is 2.43.